The minimum absolute atomic E-state index is 0.123. The fourth-order valence-corrected chi connectivity index (χ4v) is 2.63. The maximum atomic E-state index is 13.2. The Kier molecular flexibility index (Phi) is 3.96. The summed E-state index contributed by atoms with van der Waals surface area (Å²) in [6.07, 6.45) is 1.98. The molecular formula is C19H16F2N+. The molecule has 2 aromatic carbocycles. The van der Waals surface area contributed by atoms with Gasteiger partial charge in [0.05, 0.1) is 0 Å². The van der Waals surface area contributed by atoms with E-state index in [-0.39, 0.29) is 17.7 Å². The highest BCUT2D eigenvalue weighted by molar-refractivity contribution is 5.30. The Morgan fingerprint density at radius 3 is 1.68 bits per heavy atom. The number of hydrogen-bond donors (Lipinski definition) is 0. The standard InChI is InChI=1S/C19H16F2N/c1-14-4-2-3-13-22(14)19(15-5-9-17(20)10-6-15)16-7-11-18(21)12-8-16/h2-13,19H,1H3/q+1. The SMILES string of the molecule is Cc1cccc[n+]1C(c1ccc(F)cc1)c1ccc(F)cc1. The molecule has 0 N–H and O–H groups in total. The number of rotatable bonds is 3. The van der Waals surface area contributed by atoms with Gasteiger partial charge in [0.25, 0.3) is 0 Å². The molecule has 0 aliphatic carbocycles. The van der Waals surface area contributed by atoms with Crippen LogP contribution in [0, 0.1) is 18.6 Å². The highest BCUT2D eigenvalue weighted by atomic mass is 19.1. The molecule has 0 saturated heterocycles. The van der Waals surface area contributed by atoms with Gasteiger partial charge >= 0.3 is 0 Å². The van der Waals surface area contributed by atoms with Crippen LogP contribution in [0.5, 0.6) is 0 Å². The predicted octanol–water partition coefficient (Wildman–Crippen LogP) is 4.20. The number of pyridine rings is 1. The Morgan fingerprint density at radius 1 is 0.727 bits per heavy atom. The van der Waals surface area contributed by atoms with E-state index in [2.05, 4.69) is 4.57 Å². The van der Waals surface area contributed by atoms with Gasteiger partial charge in [-0.2, -0.15) is 4.57 Å². The number of benzene rings is 2. The van der Waals surface area contributed by atoms with Crippen LogP contribution in [0.2, 0.25) is 0 Å². The van der Waals surface area contributed by atoms with Gasteiger partial charge in [0.2, 0.25) is 6.04 Å². The van der Waals surface area contributed by atoms with Crippen molar-refractivity contribution in [2.24, 2.45) is 0 Å². The van der Waals surface area contributed by atoms with Crippen molar-refractivity contribution in [3.05, 3.63) is 101 Å². The molecule has 1 aromatic heterocycles. The summed E-state index contributed by atoms with van der Waals surface area (Å²) < 4.78 is 28.6. The molecule has 0 bridgehead atoms. The zero-order chi connectivity index (χ0) is 15.5. The van der Waals surface area contributed by atoms with Crippen LogP contribution in [-0.2, 0) is 0 Å². The smallest absolute Gasteiger partial charge is 0.207 e. The lowest BCUT2D eigenvalue weighted by Gasteiger charge is -2.15. The van der Waals surface area contributed by atoms with Crippen molar-refractivity contribution in [1.29, 1.82) is 0 Å². The van der Waals surface area contributed by atoms with E-state index in [0.29, 0.717) is 0 Å². The molecule has 0 atom stereocenters. The van der Waals surface area contributed by atoms with Gasteiger partial charge in [-0.1, -0.05) is 6.07 Å². The molecule has 0 unspecified atom stereocenters. The lowest BCUT2D eigenvalue weighted by molar-refractivity contribution is -0.710. The van der Waals surface area contributed by atoms with Crippen molar-refractivity contribution in [3.63, 3.8) is 0 Å². The van der Waals surface area contributed by atoms with Gasteiger partial charge in [-0.05, 0) is 48.5 Å². The Balaban J connectivity index is 2.16. The third kappa shape index (κ3) is 2.89. The van der Waals surface area contributed by atoms with Crippen LogP contribution in [0.3, 0.4) is 0 Å². The summed E-state index contributed by atoms with van der Waals surface area (Å²) in [6, 6.07) is 18.7. The van der Waals surface area contributed by atoms with Crippen molar-refractivity contribution in [3.8, 4) is 0 Å². The van der Waals surface area contributed by atoms with Crippen molar-refractivity contribution in [2.45, 2.75) is 13.0 Å². The quantitative estimate of drug-likeness (QED) is 0.638. The molecule has 0 aliphatic rings. The number of hydrogen-bond acceptors (Lipinski definition) is 0. The van der Waals surface area contributed by atoms with Crippen LogP contribution in [0.15, 0.2) is 72.9 Å². The average molecular weight is 296 g/mol. The highest BCUT2D eigenvalue weighted by Crippen LogP contribution is 2.23. The molecule has 0 radical (unpaired) electrons. The van der Waals surface area contributed by atoms with E-state index < -0.39 is 0 Å². The Bertz CT molecular complexity index is 719. The van der Waals surface area contributed by atoms with Gasteiger partial charge in [0.15, 0.2) is 11.9 Å². The Labute approximate surface area is 128 Å². The van der Waals surface area contributed by atoms with Gasteiger partial charge in [-0.25, -0.2) is 8.78 Å². The summed E-state index contributed by atoms with van der Waals surface area (Å²) >= 11 is 0. The van der Waals surface area contributed by atoms with Crippen LogP contribution >= 0.6 is 0 Å². The predicted molar refractivity (Wildman–Crippen MR) is 81.4 cm³/mol. The zero-order valence-electron chi connectivity index (χ0n) is 12.2. The Hall–Kier alpha value is -2.55. The molecule has 1 nitrogen and oxygen atoms in total. The molecule has 0 spiro atoms. The lowest BCUT2D eigenvalue weighted by Crippen LogP contribution is -2.43. The first-order valence-corrected chi connectivity index (χ1v) is 7.13. The molecule has 1 heterocycles. The molecule has 0 aliphatic heterocycles. The van der Waals surface area contributed by atoms with E-state index in [9.17, 15) is 8.78 Å². The number of halogens is 2. The monoisotopic (exact) mass is 296 g/mol. The first kappa shape index (κ1) is 14.4. The first-order chi connectivity index (χ1) is 10.6. The molecular weight excluding hydrogens is 280 g/mol. The zero-order valence-corrected chi connectivity index (χ0v) is 12.2. The van der Waals surface area contributed by atoms with Crippen molar-refractivity contribution >= 4 is 0 Å². The van der Waals surface area contributed by atoms with Crippen LogP contribution < -0.4 is 4.57 Å². The summed E-state index contributed by atoms with van der Waals surface area (Å²) in [5.41, 5.74) is 2.97. The second-order valence-corrected chi connectivity index (χ2v) is 5.25. The molecule has 110 valence electrons. The highest BCUT2D eigenvalue weighted by Gasteiger charge is 2.25. The molecule has 0 fully saturated rings. The molecule has 3 aromatic rings. The third-order valence-electron chi connectivity index (χ3n) is 3.75. The van der Waals surface area contributed by atoms with E-state index in [0.717, 1.165) is 16.8 Å². The number of aromatic nitrogens is 1. The van der Waals surface area contributed by atoms with Gasteiger partial charge in [-0.3, -0.25) is 0 Å². The van der Waals surface area contributed by atoms with E-state index in [1.54, 1.807) is 24.3 Å². The first-order valence-electron chi connectivity index (χ1n) is 7.13. The van der Waals surface area contributed by atoms with Crippen LogP contribution in [-0.4, -0.2) is 0 Å². The van der Waals surface area contributed by atoms with Gasteiger partial charge in [0.1, 0.15) is 11.6 Å². The van der Waals surface area contributed by atoms with Crippen LogP contribution in [0.25, 0.3) is 0 Å². The maximum absolute atomic E-state index is 13.2. The summed E-state index contributed by atoms with van der Waals surface area (Å²) in [5.74, 6) is -0.534. The molecule has 22 heavy (non-hydrogen) atoms. The summed E-state index contributed by atoms with van der Waals surface area (Å²) in [4.78, 5) is 0. The number of aryl methyl sites for hydroxylation is 1. The fourth-order valence-electron chi connectivity index (χ4n) is 2.63. The average Bonchev–Trinajstić information content (AvgIpc) is 2.53. The molecule has 3 heteroatoms. The van der Waals surface area contributed by atoms with Crippen molar-refractivity contribution in [1.82, 2.24) is 0 Å². The summed E-state index contributed by atoms with van der Waals surface area (Å²) in [7, 11) is 0. The number of nitrogens with zero attached hydrogens (tertiary/aromatic N) is 1. The van der Waals surface area contributed by atoms with Gasteiger partial charge in [-0.15, -0.1) is 0 Å². The molecule has 3 rings (SSSR count). The molecule has 0 saturated carbocycles. The van der Waals surface area contributed by atoms with E-state index in [1.807, 2.05) is 31.3 Å². The minimum Gasteiger partial charge on any atom is -0.207 e. The Morgan fingerprint density at radius 2 is 1.23 bits per heavy atom. The normalized spacial score (nSPS) is 10.9. The summed E-state index contributed by atoms with van der Waals surface area (Å²) in [5, 5.41) is 0. The van der Waals surface area contributed by atoms with E-state index in [4.69, 9.17) is 0 Å². The fraction of sp³-hybridized carbons (Fsp3) is 0.105. The van der Waals surface area contributed by atoms with E-state index in [1.165, 1.54) is 24.3 Å². The minimum atomic E-state index is -0.267. The third-order valence-corrected chi connectivity index (χ3v) is 3.75. The topological polar surface area (TPSA) is 3.88 Å². The second kappa shape index (κ2) is 6.06. The maximum Gasteiger partial charge on any atom is 0.209 e. The van der Waals surface area contributed by atoms with Gasteiger partial charge in [0, 0.05) is 30.2 Å². The van der Waals surface area contributed by atoms with E-state index >= 15 is 0 Å². The second-order valence-electron chi connectivity index (χ2n) is 5.25. The molecule has 0 amide bonds. The lowest BCUT2D eigenvalue weighted by atomic mass is 9.97. The van der Waals surface area contributed by atoms with Crippen molar-refractivity contribution in [2.75, 3.05) is 0 Å². The summed E-state index contributed by atoms with van der Waals surface area (Å²) in [6.45, 7) is 2.01. The van der Waals surface area contributed by atoms with Crippen LogP contribution in [0.1, 0.15) is 22.9 Å². The van der Waals surface area contributed by atoms with Crippen molar-refractivity contribution < 1.29 is 13.3 Å². The van der Waals surface area contributed by atoms with Gasteiger partial charge < -0.3 is 0 Å². The largest absolute Gasteiger partial charge is 0.209 e. The van der Waals surface area contributed by atoms with Crippen LogP contribution in [0.4, 0.5) is 8.78 Å².